The van der Waals surface area contributed by atoms with Crippen LogP contribution in [-0.4, -0.2) is 34.6 Å². The number of carbonyl (C=O) groups is 1. The summed E-state index contributed by atoms with van der Waals surface area (Å²) in [6.45, 7) is 2.01. The number of nitrogen functional groups attached to an aromatic ring is 1. The molecule has 2 unspecified atom stereocenters. The zero-order chi connectivity index (χ0) is 14.2. The fraction of sp³-hybridized carbons (Fsp3) is 0.583. The molecule has 104 valence electrons. The van der Waals surface area contributed by atoms with Gasteiger partial charge in [-0.3, -0.25) is 4.79 Å². The van der Waals surface area contributed by atoms with Crippen molar-refractivity contribution < 1.29 is 9.90 Å². The van der Waals surface area contributed by atoms with Gasteiger partial charge < -0.3 is 15.7 Å². The Balaban J connectivity index is 2.40. The minimum absolute atomic E-state index is 0.0243. The van der Waals surface area contributed by atoms with Crippen LogP contribution in [0.2, 0.25) is 5.15 Å². The number of nitrogens with zero attached hydrogens (tertiary/aromatic N) is 3. The van der Waals surface area contributed by atoms with Gasteiger partial charge in [0.2, 0.25) is 11.9 Å². The molecule has 1 aliphatic rings. The third-order valence-corrected chi connectivity index (χ3v) is 3.86. The normalized spacial score (nSPS) is 20.3. The summed E-state index contributed by atoms with van der Waals surface area (Å²) in [5.41, 5.74) is 6.82. The molecule has 3 N–H and O–H groups in total. The number of aliphatic hydroxyl groups is 1. The van der Waals surface area contributed by atoms with Gasteiger partial charge in [0.25, 0.3) is 0 Å². The first-order valence-corrected chi connectivity index (χ1v) is 6.53. The minimum Gasteiger partial charge on any atom is -0.396 e. The third-order valence-electron chi connectivity index (χ3n) is 3.60. The molecule has 6 nitrogen and oxygen atoms in total. The Kier molecular flexibility index (Phi) is 3.91. The van der Waals surface area contributed by atoms with Crippen LogP contribution in [0.15, 0.2) is 0 Å². The average molecular weight is 285 g/mol. The molecule has 0 saturated carbocycles. The summed E-state index contributed by atoms with van der Waals surface area (Å²) in [6, 6.07) is 0. The maximum atomic E-state index is 12.3. The molecule has 0 saturated heterocycles. The van der Waals surface area contributed by atoms with E-state index in [-0.39, 0.29) is 35.5 Å². The van der Waals surface area contributed by atoms with Gasteiger partial charge in [0.15, 0.2) is 5.15 Å². The van der Waals surface area contributed by atoms with Crippen molar-refractivity contribution >= 4 is 29.1 Å². The molecule has 0 spiro atoms. The highest BCUT2D eigenvalue weighted by atomic mass is 35.5. The average Bonchev–Trinajstić information content (AvgIpc) is 2.33. The van der Waals surface area contributed by atoms with E-state index in [1.165, 1.54) is 4.90 Å². The Labute approximate surface area is 116 Å². The van der Waals surface area contributed by atoms with E-state index in [0.717, 1.165) is 0 Å². The van der Waals surface area contributed by atoms with Gasteiger partial charge in [-0.15, -0.1) is 0 Å². The summed E-state index contributed by atoms with van der Waals surface area (Å²) < 4.78 is 0. The van der Waals surface area contributed by atoms with Crippen LogP contribution in [0.1, 0.15) is 19.0 Å². The standard InChI is InChI=1S/C12H17ClN4O2/c1-6(3-4-18)7-5-8-9(17(2)11(7)19)10(13)16-12(14)15-8/h6-7,18H,3-5H2,1-2H3,(H2,14,15,16). The van der Waals surface area contributed by atoms with E-state index in [0.29, 0.717) is 24.2 Å². The van der Waals surface area contributed by atoms with Gasteiger partial charge in [0.05, 0.1) is 5.69 Å². The van der Waals surface area contributed by atoms with Gasteiger partial charge in [-0.05, 0) is 12.3 Å². The number of carbonyl (C=O) groups excluding carboxylic acids is 1. The van der Waals surface area contributed by atoms with Gasteiger partial charge in [0.1, 0.15) is 5.69 Å². The summed E-state index contributed by atoms with van der Waals surface area (Å²) in [5.74, 6) is -0.0538. The minimum atomic E-state index is -0.213. The van der Waals surface area contributed by atoms with Crippen LogP contribution >= 0.6 is 11.6 Å². The maximum Gasteiger partial charge on any atom is 0.230 e. The predicted molar refractivity (Wildman–Crippen MR) is 72.9 cm³/mol. The lowest BCUT2D eigenvalue weighted by Gasteiger charge is -2.33. The Bertz CT molecular complexity index is 509. The van der Waals surface area contributed by atoms with Crippen LogP contribution in [-0.2, 0) is 11.2 Å². The van der Waals surface area contributed by atoms with E-state index in [1.54, 1.807) is 7.05 Å². The molecule has 1 aliphatic heterocycles. The van der Waals surface area contributed by atoms with Crippen LogP contribution in [0, 0.1) is 11.8 Å². The fourth-order valence-electron chi connectivity index (χ4n) is 2.47. The summed E-state index contributed by atoms with van der Waals surface area (Å²) >= 11 is 6.03. The fourth-order valence-corrected chi connectivity index (χ4v) is 2.79. The van der Waals surface area contributed by atoms with Crippen LogP contribution in [0.5, 0.6) is 0 Å². The number of rotatable bonds is 3. The first-order valence-electron chi connectivity index (χ1n) is 6.16. The molecule has 1 aromatic heterocycles. The van der Waals surface area contributed by atoms with Crippen molar-refractivity contribution in [2.75, 3.05) is 24.3 Å². The zero-order valence-electron chi connectivity index (χ0n) is 10.9. The van der Waals surface area contributed by atoms with Crippen molar-refractivity contribution in [2.24, 2.45) is 11.8 Å². The number of hydrogen-bond acceptors (Lipinski definition) is 5. The molecule has 1 aromatic rings. The van der Waals surface area contributed by atoms with Crippen LogP contribution < -0.4 is 10.6 Å². The van der Waals surface area contributed by atoms with Crippen molar-refractivity contribution in [2.45, 2.75) is 19.8 Å². The lowest BCUT2D eigenvalue weighted by atomic mass is 9.84. The lowest BCUT2D eigenvalue weighted by Crippen LogP contribution is -2.42. The highest BCUT2D eigenvalue weighted by Crippen LogP contribution is 2.36. The van der Waals surface area contributed by atoms with E-state index < -0.39 is 0 Å². The van der Waals surface area contributed by atoms with E-state index in [2.05, 4.69) is 9.97 Å². The van der Waals surface area contributed by atoms with Crippen molar-refractivity contribution in [3.05, 3.63) is 10.8 Å². The molecule has 2 rings (SSSR count). The molecule has 2 atom stereocenters. The number of amides is 1. The largest absolute Gasteiger partial charge is 0.396 e. The smallest absolute Gasteiger partial charge is 0.230 e. The van der Waals surface area contributed by atoms with Crippen molar-refractivity contribution in [1.29, 1.82) is 0 Å². The summed E-state index contributed by atoms with van der Waals surface area (Å²) in [7, 11) is 1.66. The second-order valence-corrected chi connectivity index (χ2v) is 5.22. The van der Waals surface area contributed by atoms with Gasteiger partial charge in [-0.25, -0.2) is 4.98 Å². The van der Waals surface area contributed by atoms with E-state index in [1.807, 2.05) is 6.92 Å². The molecule has 2 heterocycles. The molecular weight excluding hydrogens is 268 g/mol. The lowest BCUT2D eigenvalue weighted by molar-refractivity contribution is -0.124. The molecule has 0 aromatic carbocycles. The summed E-state index contributed by atoms with van der Waals surface area (Å²) in [5, 5.41) is 9.21. The Morgan fingerprint density at radius 1 is 1.58 bits per heavy atom. The third kappa shape index (κ3) is 2.50. The van der Waals surface area contributed by atoms with Crippen LogP contribution in [0.25, 0.3) is 0 Å². The van der Waals surface area contributed by atoms with Crippen molar-refractivity contribution in [1.82, 2.24) is 9.97 Å². The number of anilines is 2. The Hall–Kier alpha value is -1.40. The number of fused-ring (bicyclic) bond motifs is 1. The van der Waals surface area contributed by atoms with Gasteiger partial charge in [-0.1, -0.05) is 18.5 Å². The monoisotopic (exact) mass is 284 g/mol. The molecule has 0 fully saturated rings. The maximum absolute atomic E-state index is 12.3. The Morgan fingerprint density at radius 2 is 2.26 bits per heavy atom. The number of halogens is 1. The first kappa shape index (κ1) is 14.0. The van der Waals surface area contributed by atoms with Crippen LogP contribution in [0.3, 0.4) is 0 Å². The second kappa shape index (κ2) is 5.30. The quantitative estimate of drug-likeness (QED) is 0.803. The Morgan fingerprint density at radius 3 is 2.89 bits per heavy atom. The highest BCUT2D eigenvalue weighted by Gasteiger charge is 2.36. The van der Waals surface area contributed by atoms with Gasteiger partial charge in [0, 0.05) is 26.0 Å². The predicted octanol–water partition coefficient (Wildman–Crippen LogP) is 0.866. The second-order valence-electron chi connectivity index (χ2n) is 4.87. The number of hydrogen-bond donors (Lipinski definition) is 2. The molecule has 0 radical (unpaired) electrons. The molecule has 7 heteroatoms. The van der Waals surface area contributed by atoms with Gasteiger partial charge in [-0.2, -0.15) is 4.98 Å². The van der Waals surface area contributed by atoms with Crippen LogP contribution in [0.4, 0.5) is 11.6 Å². The molecular formula is C12H17ClN4O2. The van der Waals surface area contributed by atoms with Crippen molar-refractivity contribution in [3.63, 3.8) is 0 Å². The first-order chi connectivity index (χ1) is 8.95. The topological polar surface area (TPSA) is 92.3 Å². The number of nitrogens with two attached hydrogens (primary N) is 1. The molecule has 0 bridgehead atoms. The van der Waals surface area contributed by atoms with E-state index in [4.69, 9.17) is 22.4 Å². The van der Waals surface area contributed by atoms with E-state index >= 15 is 0 Å². The summed E-state index contributed by atoms with van der Waals surface area (Å²) in [4.78, 5) is 21.9. The zero-order valence-corrected chi connectivity index (χ0v) is 11.7. The number of aromatic nitrogens is 2. The highest BCUT2D eigenvalue weighted by molar-refractivity contribution is 6.33. The molecule has 0 aliphatic carbocycles. The SMILES string of the molecule is CC(CCO)C1Cc2nc(N)nc(Cl)c2N(C)C1=O. The molecule has 19 heavy (non-hydrogen) atoms. The van der Waals surface area contributed by atoms with E-state index in [9.17, 15) is 4.79 Å². The summed E-state index contributed by atoms with van der Waals surface area (Å²) in [6.07, 6.45) is 1.06. The number of aliphatic hydroxyl groups excluding tert-OH is 1. The molecule has 1 amide bonds. The van der Waals surface area contributed by atoms with Crippen molar-refractivity contribution in [3.8, 4) is 0 Å². The van der Waals surface area contributed by atoms with Gasteiger partial charge >= 0.3 is 0 Å².